The molecule has 0 radical (unpaired) electrons. The molecule has 4 unspecified atom stereocenters. The largest absolute Gasteiger partial charge is 0.491 e. The maximum absolute atomic E-state index is 15.0. The number of thiazole rings is 2. The van der Waals surface area contributed by atoms with E-state index in [1.54, 1.807) is 17.1 Å². The predicted molar refractivity (Wildman–Crippen MR) is 491 cm³/mol. The number of nitrogens with one attached hydrogen (secondary N) is 2. The third-order valence-electron chi connectivity index (χ3n) is 28.0. The number of nitrogens with zero attached hydrogens (tertiary/aromatic N) is 8. The first-order valence-electron chi connectivity index (χ1n) is 46.0. The molecule has 0 spiro atoms. The number of aliphatic carboxylic acids is 1. The Kier molecular flexibility index (Phi) is 28.5. The highest BCUT2D eigenvalue weighted by Crippen LogP contribution is 2.59. The Morgan fingerprint density at radius 2 is 0.929 bits per heavy atom. The molecular formula is C97H126Cl2N10O16S2. The fourth-order valence-electron chi connectivity index (χ4n) is 20.3. The molecule has 8 heterocycles. The van der Waals surface area contributed by atoms with Gasteiger partial charge in [-0.05, 0) is 202 Å². The third kappa shape index (κ3) is 21.6. The highest BCUT2D eigenvalue weighted by atomic mass is 35.5. The van der Waals surface area contributed by atoms with Gasteiger partial charge in [-0.15, -0.1) is 35.8 Å². The molecule has 127 heavy (non-hydrogen) atoms. The molecule has 4 aromatic heterocycles. The number of carboxylic acids is 1. The lowest BCUT2D eigenvalue weighted by Gasteiger charge is -2.35. The second kappa shape index (κ2) is 38.9. The normalized spacial score (nSPS) is 27.0. The van der Waals surface area contributed by atoms with E-state index in [1.807, 2.05) is 116 Å². The first-order chi connectivity index (χ1) is 60.6. The van der Waals surface area contributed by atoms with Gasteiger partial charge in [0.2, 0.25) is 11.8 Å². The molecule has 2 aromatic carbocycles. The number of fused-ring (bicyclic) bond motifs is 4. The number of benzene rings is 2. The zero-order chi connectivity index (χ0) is 90.3. The number of carbonyl (C=O) groups excluding carboxylic acids is 7. The quantitative estimate of drug-likeness (QED) is 0.0187. The van der Waals surface area contributed by atoms with E-state index in [0.29, 0.717) is 127 Å². The van der Waals surface area contributed by atoms with E-state index in [1.165, 1.54) is 86.0 Å². The van der Waals surface area contributed by atoms with Crippen molar-refractivity contribution in [2.45, 2.75) is 246 Å². The predicted octanol–water partition coefficient (Wildman–Crippen LogP) is 17.4. The lowest BCUT2D eigenvalue weighted by molar-refractivity contribution is -0.157. The van der Waals surface area contributed by atoms with Gasteiger partial charge in [0.1, 0.15) is 82.1 Å². The van der Waals surface area contributed by atoms with Crippen LogP contribution < -0.4 is 29.6 Å². The average Bonchev–Trinajstić information content (AvgIpc) is 1.58. The fraction of sp³-hybridized carbons (Fsp3) is 0.629. The van der Waals surface area contributed by atoms with Gasteiger partial charge in [-0.3, -0.25) is 48.2 Å². The highest BCUT2D eigenvalue weighted by Gasteiger charge is 2.63. The summed E-state index contributed by atoms with van der Waals surface area (Å²) in [5.74, 6) is -1.33. The van der Waals surface area contributed by atoms with Crippen LogP contribution in [-0.2, 0) is 52.6 Å². The number of piperidine rings is 2. The molecule has 6 aromatic rings. The molecule has 6 aliphatic carbocycles. The van der Waals surface area contributed by atoms with Gasteiger partial charge in [0.05, 0.1) is 90.2 Å². The van der Waals surface area contributed by atoms with Gasteiger partial charge in [0, 0.05) is 84.5 Å². The molecule has 30 heteroatoms. The van der Waals surface area contributed by atoms with E-state index in [9.17, 15) is 43.5 Å². The molecule has 0 bridgehead atoms. The van der Waals surface area contributed by atoms with E-state index in [0.717, 1.165) is 75.2 Å². The first kappa shape index (κ1) is 93.1. The minimum Gasteiger partial charge on any atom is -0.491 e. The van der Waals surface area contributed by atoms with Crippen LogP contribution in [0.2, 0.25) is 10.0 Å². The number of pyridine rings is 2. The van der Waals surface area contributed by atoms with Crippen molar-refractivity contribution in [3.05, 3.63) is 82.5 Å². The summed E-state index contributed by atoms with van der Waals surface area (Å²) in [5, 5.41) is 24.2. The minimum atomic E-state index is -1.26. The smallest absolute Gasteiger partial charge is 0.312 e. The number of ketones is 2. The van der Waals surface area contributed by atoms with Crippen LogP contribution in [-0.4, -0.2) is 213 Å². The second-order valence-electron chi connectivity index (χ2n) is 40.1. The number of halogens is 2. The Bertz CT molecular complexity index is 5090. The van der Waals surface area contributed by atoms with Crippen LogP contribution >= 0.6 is 45.9 Å². The van der Waals surface area contributed by atoms with E-state index in [2.05, 4.69) is 33.6 Å². The number of carboxylic acid groups (broad SMARTS) is 1. The zero-order valence-electron chi connectivity index (χ0n) is 75.4. The molecular weight excluding hydrogens is 1700 g/mol. The number of esters is 3. The summed E-state index contributed by atoms with van der Waals surface area (Å²) in [5.41, 5.74) is -0.354. The zero-order valence-corrected chi connectivity index (χ0v) is 78.5. The molecule has 6 saturated carbocycles. The van der Waals surface area contributed by atoms with E-state index < -0.39 is 81.7 Å². The Morgan fingerprint density at radius 3 is 1.29 bits per heavy atom. The van der Waals surface area contributed by atoms with Crippen molar-refractivity contribution in [1.29, 1.82) is 0 Å². The third-order valence-corrected chi connectivity index (χ3v) is 30.2. The van der Waals surface area contributed by atoms with Gasteiger partial charge in [0.25, 0.3) is 0 Å². The lowest BCUT2D eigenvalue weighted by atomic mass is 9.77. The van der Waals surface area contributed by atoms with Crippen LogP contribution in [0.25, 0.3) is 44.6 Å². The number of amides is 2. The number of ether oxygens (including phenoxy) is 7. The molecule has 16 atom stereocenters. The van der Waals surface area contributed by atoms with Crippen molar-refractivity contribution < 1.29 is 76.6 Å². The van der Waals surface area contributed by atoms with E-state index in [4.69, 9.17) is 76.3 Å². The van der Waals surface area contributed by atoms with Crippen LogP contribution in [0.4, 0.5) is 10.3 Å². The number of rotatable bonds is 36. The summed E-state index contributed by atoms with van der Waals surface area (Å²) in [6, 6.07) is 9.48. The number of hydrogen-bond acceptors (Lipinski definition) is 25. The van der Waals surface area contributed by atoms with Crippen LogP contribution in [0.1, 0.15) is 198 Å². The van der Waals surface area contributed by atoms with Gasteiger partial charge in [-0.1, -0.05) is 89.7 Å². The van der Waals surface area contributed by atoms with E-state index >= 15 is 0 Å². The second-order valence-corrected chi connectivity index (χ2v) is 42.6. The maximum Gasteiger partial charge on any atom is 0.312 e. The maximum atomic E-state index is 15.0. The van der Waals surface area contributed by atoms with Crippen molar-refractivity contribution in [3.8, 4) is 45.8 Å². The standard InChI is InChI=1S/C49H64ClN5O8S.C48H62ClN5O8S/c1-8-31-24-49(31,46(59)60-7)25-39(56)38-21-33(26-55(38)45(58)35(48(4,5)6)22-42(57)63-32-19-29-18-30(29)20-32)62-41-23-36(37-27-64-47(53-37)51-28(2)3)52-44-34(41)12-13-40(43(44)50)61-17-16-54-14-10-9-11-15-54;1-7-30-23-48(30,45(58)59)24-38(55)37-20-32(25-54(37)44(57)34(47(4,5)6)21-41(56)62-31-18-28-17-29(28)19-31)61-40-22-35(36-26-63-46(52-36)50-27(2)3)51-43-33(40)11-12-39(42(43)49)60-16-15-53-13-9-8-10-14-53/h8,12-13,23,27-33,35,38H,1,9-11,14-22,24-26H2,2-7H3,(H,51,53);7,11-12,22,26-32,34,37H,1,8-10,13-21,23-25H2,2-6H3,(H,50,52)(H,58,59)/t29-,30+,31-,32?,33-,35-,38+,49?;28-,29+,30-,31?,32-,34-,37+,48?/m11/s1. The molecule has 10 aliphatic rings. The summed E-state index contributed by atoms with van der Waals surface area (Å²) in [6.45, 7) is 34.3. The van der Waals surface area contributed by atoms with Gasteiger partial charge >= 0.3 is 23.9 Å². The molecule has 16 rings (SSSR count). The molecule has 3 N–H and O–H groups in total. The van der Waals surface area contributed by atoms with Crippen molar-refractivity contribution in [1.82, 2.24) is 39.5 Å². The molecule has 10 fully saturated rings. The van der Waals surface area contributed by atoms with Crippen LogP contribution in [0.15, 0.2) is 72.5 Å². The summed E-state index contributed by atoms with van der Waals surface area (Å²) in [7, 11) is 1.32. The number of likely N-dealkylation sites (tertiary alicyclic amines) is 4. The molecule has 4 saturated heterocycles. The Morgan fingerprint density at radius 1 is 0.535 bits per heavy atom. The number of carbonyl (C=O) groups is 8. The SMILES string of the molecule is C=C[C@@H]1CC1(CC(=O)[C@@H]1C[C@@H](Oc2cc(-c3csc(NC(C)C)n3)nc3c(Cl)c(OCCN4CCCCC4)ccc23)CN1C(=O)[C@@H](CC(=O)OC1C[C@@H]2C[C@@H]2C1)C(C)(C)C)C(=O)O.C=C[C@@H]1CC1(CC(=O)[C@@H]1C[C@@H](Oc2cc(-c3csc(NC(C)C)n3)nc3c(Cl)c(OCCN4CCCCC4)ccc23)CN1C(=O)[C@@H](CC(=O)OC1C[C@@H]2C[C@@H]2C1)C(C)(C)C)C(=O)OC. The number of allylic oxidation sites excluding steroid dienone is 2. The summed E-state index contributed by atoms with van der Waals surface area (Å²) in [4.78, 5) is 139. The van der Waals surface area contributed by atoms with E-state index in [-0.39, 0.29) is 111 Å². The number of aromatic nitrogens is 4. The Labute approximate surface area is 763 Å². The topological polar surface area (TPSA) is 310 Å². The van der Waals surface area contributed by atoms with Crippen LogP contribution in [0.5, 0.6) is 23.0 Å². The van der Waals surface area contributed by atoms with Crippen molar-refractivity contribution in [2.24, 2.45) is 69.0 Å². The first-order valence-corrected chi connectivity index (χ1v) is 48.5. The monoisotopic (exact) mass is 1820 g/mol. The van der Waals surface area contributed by atoms with Gasteiger partial charge < -0.3 is 58.7 Å². The molecule has 4 aliphatic heterocycles. The van der Waals surface area contributed by atoms with Crippen molar-refractivity contribution in [3.63, 3.8) is 0 Å². The van der Waals surface area contributed by atoms with Crippen molar-refractivity contribution in [2.75, 3.05) is 83.3 Å². The minimum absolute atomic E-state index is 0.0392. The lowest BCUT2D eigenvalue weighted by Crippen LogP contribution is -2.48. The number of methoxy groups -OCH3 is 1. The summed E-state index contributed by atoms with van der Waals surface area (Å²) < 4.78 is 43.3. The summed E-state index contributed by atoms with van der Waals surface area (Å²) >= 11 is 17.2. The molecule has 26 nitrogen and oxygen atoms in total. The van der Waals surface area contributed by atoms with Crippen molar-refractivity contribution >= 4 is 125 Å². The molecule has 2 amide bonds. The Balaban J connectivity index is 0.000000196. The Hall–Kier alpha value is -8.54. The van der Waals surface area contributed by atoms with Gasteiger partial charge in [0.15, 0.2) is 21.8 Å². The fourth-order valence-corrected chi connectivity index (χ4v) is 22.5. The van der Waals surface area contributed by atoms with Crippen LogP contribution in [0.3, 0.4) is 0 Å². The number of hydrogen-bond donors (Lipinski definition) is 3. The molecule has 686 valence electrons. The summed E-state index contributed by atoms with van der Waals surface area (Å²) in [6.07, 6.45) is 15.3. The van der Waals surface area contributed by atoms with Crippen LogP contribution in [0, 0.1) is 69.0 Å². The average molecular weight is 1820 g/mol. The number of Topliss-reactive ketones (excluding diaryl/α,β-unsaturated/α-hetero) is 2. The number of anilines is 2. The van der Waals surface area contributed by atoms with Gasteiger partial charge in [-0.2, -0.15) is 0 Å². The van der Waals surface area contributed by atoms with Gasteiger partial charge in [-0.25, -0.2) is 19.9 Å². The highest BCUT2D eigenvalue weighted by molar-refractivity contribution is 7.14.